The molecule has 0 saturated heterocycles. The number of aryl methyl sites for hydroxylation is 4. The molecule has 478 valence electrons. The van der Waals surface area contributed by atoms with Crippen LogP contribution in [0.15, 0.2) is 66.2 Å². The number of hydrogen-bond donors (Lipinski definition) is 3. The summed E-state index contributed by atoms with van der Waals surface area (Å²) in [4.78, 5) is 48.3. The molecule has 0 amide bonds. The molecule has 0 spiro atoms. The van der Waals surface area contributed by atoms with Crippen molar-refractivity contribution in [3.63, 3.8) is 0 Å². The standard InChI is InChI=1S/C11H20N2.C11H19NO.C9H16N2.C8H14N2.C8H13NO.C8H13NS.C7H12N2.C7H11NS/c1-10(2,3)8-7-12-9(13-8)11(4,5)6;1-10(2,3)8-7-13-9(12-8)11(4,5)6;1-5-7-6-10-8(11-7)9(2,3)4;1-6-5-9-7(10-6)8(2,3)4;2*1-6-9-7(5-10-6)8(2,3)4;1-7(2,3)6-4-8-5-9-6;1-7(2,3)6-4-9-5-8-6/h7H,1-6H3,(H,12,13);7H,1-6H3;6H,5H2,1-4H3,(H,10,11);5H,1-4H3,(H,9,10);2*5H,1-4H3;4H,5H2,1-3H3;4-5H,1-3H3. The monoisotopic (exact) mass is 1210 g/mol. The topological polar surface area (TPSA) is 189 Å². The molecule has 0 aromatic carbocycles. The normalized spacial score (nSPS) is 13.1. The van der Waals surface area contributed by atoms with Gasteiger partial charge >= 0.3 is 0 Å². The van der Waals surface area contributed by atoms with Gasteiger partial charge in [0.05, 0.1) is 39.0 Å². The Hall–Kier alpha value is -5.35. The van der Waals surface area contributed by atoms with E-state index in [1.165, 1.54) is 22.8 Å². The van der Waals surface area contributed by atoms with Crippen LogP contribution in [-0.2, 0) is 55.2 Å². The Morgan fingerprint density at radius 1 is 0.447 bits per heavy atom. The van der Waals surface area contributed by atoms with Crippen molar-refractivity contribution < 1.29 is 8.83 Å². The van der Waals surface area contributed by atoms with Crippen LogP contribution >= 0.6 is 22.7 Å². The van der Waals surface area contributed by atoms with E-state index in [1.807, 2.05) is 51.1 Å². The Kier molecular flexibility index (Phi) is 28.3. The summed E-state index contributed by atoms with van der Waals surface area (Å²) in [7, 11) is 0. The van der Waals surface area contributed by atoms with Gasteiger partial charge < -0.3 is 23.8 Å². The molecule has 14 nitrogen and oxygen atoms in total. The van der Waals surface area contributed by atoms with Gasteiger partial charge in [0.25, 0.3) is 0 Å². The van der Waals surface area contributed by atoms with Crippen LogP contribution in [-0.4, -0.2) is 68.4 Å². The van der Waals surface area contributed by atoms with Crippen LogP contribution in [0.3, 0.4) is 0 Å². The summed E-state index contributed by atoms with van der Waals surface area (Å²) in [6, 6.07) is 0. The molecule has 0 saturated carbocycles. The highest BCUT2D eigenvalue weighted by Gasteiger charge is 2.26. The molecule has 0 unspecified atom stereocenters. The van der Waals surface area contributed by atoms with Crippen LogP contribution in [0, 0.1) is 26.2 Å². The zero-order valence-corrected chi connectivity index (χ0v) is 61.4. The molecule has 16 heteroatoms. The van der Waals surface area contributed by atoms with Crippen LogP contribution in [0.1, 0.15) is 289 Å². The van der Waals surface area contributed by atoms with Crippen LogP contribution in [0.5, 0.6) is 0 Å². The summed E-state index contributed by atoms with van der Waals surface area (Å²) in [6.07, 6.45) is 12.1. The fraction of sp³-hybridized carbons (Fsp3) is 0.667. The second-order valence-corrected chi connectivity index (χ2v) is 33.9. The minimum absolute atomic E-state index is 0.00347. The van der Waals surface area contributed by atoms with Crippen molar-refractivity contribution in [3.8, 4) is 0 Å². The second kappa shape index (κ2) is 31.0. The molecule has 8 rings (SSSR count). The summed E-state index contributed by atoms with van der Waals surface area (Å²) in [5, 5.41) is 5.39. The van der Waals surface area contributed by atoms with Gasteiger partial charge in [-0.2, -0.15) is 0 Å². The molecule has 3 N–H and O–H groups in total. The van der Waals surface area contributed by atoms with Crippen LogP contribution in [0.25, 0.3) is 0 Å². The van der Waals surface area contributed by atoms with E-state index in [4.69, 9.17) is 8.83 Å². The molecule has 0 aliphatic carbocycles. The second-order valence-electron chi connectivity index (χ2n) is 32.1. The molecule has 7 aromatic heterocycles. The van der Waals surface area contributed by atoms with Gasteiger partial charge in [-0.25, -0.2) is 34.9 Å². The lowest BCUT2D eigenvalue weighted by atomic mass is 9.91. The number of rotatable bonds is 1. The van der Waals surface area contributed by atoms with Crippen molar-refractivity contribution in [1.29, 1.82) is 0 Å². The molecule has 0 radical (unpaired) electrons. The summed E-state index contributed by atoms with van der Waals surface area (Å²) in [5.41, 5.74) is 12.4. The number of nitrogens with one attached hydrogen (secondary N) is 3. The molecular weight excluding hydrogens is 1090 g/mol. The first-order valence-corrected chi connectivity index (χ1v) is 31.9. The Bertz CT molecular complexity index is 2790. The van der Waals surface area contributed by atoms with Crippen molar-refractivity contribution >= 4 is 34.6 Å². The average molecular weight is 1210 g/mol. The van der Waals surface area contributed by atoms with Gasteiger partial charge in [-0.3, -0.25) is 9.98 Å². The first kappa shape index (κ1) is 77.7. The average Bonchev–Trinajstić information content (AvgIpc) is 4.41. The highest BCUT2D eigenvalue weighted by molar-refractivity contribution is 7.09. The number of hydrogen-bond acceptors (Lipinski definition) is 13. The van der Waals surface area contributed by atoms with Crippen LogP contribution in [0.4, 0.5) is 0 Å². The van der Waals surface area contributed by atoms with E-state index in [9.17, 15) is 0 Å². The first-order chi connectivity index (χ1) is 38.2. The van der Waals surface area contributed by atoms with E-state index < -0.39 is 0 Å². The molecule has 8 heterocycles. The summed E-state index contributed by atoms with van der Waals surface area (Å²) < 4.78 is 10.5. The number of imidazole rings is 3. The number of thiazole rings is 2. The molecule has 85 heavy (non-hydrogen) atoms. The van der Waals surface area contributed by atoms with E-state index in [0.29, 0.717) is 6.67 Å². The third kappa shape index (κ3) is 29.7. The molecule has 0 atom stereocenters. The predicted octanol–water partition coefficient (Wildman–Crippen LogP) is 19.5. The zero-order valence-electron chi connectivity index (χ0n) is 59.8. The van der Waals surface area contributed by atoms with E-state index in [2.05, 4.69) is 285 Å². The van der Waals surface area contributed by atoms with Gasteiger partial charge in [0, 0.05) is 114 Å². The van der Waals surface area contributed by atoms with Crippen LogP contribution in [0.2, 0.25) is 0 Å². The van der Waals surface area contributed by atoms with E-state index >= 15 is 0 Å². The van der Waals surface area contributed by atoms with Crippen molar-refractivity contribution in [2.45, 2.75) is 291 Å². The largest absolute Gasteiger partial charge is 0.449 e. The van der Waals surface area contributed by atoms with Crippen molar-refractivity contribution in [2.24, 2.45) is 15.4 Å². The minimum atomic E-state index is 0.00347. The molecule has 1 aliphatic heterocycles. The molecular formula is C69H118N12O2S2. The quantitative estimate of drug-likeness (QED) is 0.144. The van der Waals surface area contributed by atoms with Gasteiger partial charge in [0.2, 0.25) is 0 Å². The fourth-order valence-electron chi connectivity index (χ4n) is 6.47. The SMILES string of the molecule is CC(C)(C)C1=NCN=C1.CC(C)(C)c1cnc(C(C)(C)C)[nH]1.CC(C)(C)c1coc(C(C)(C)C)n1.CC(C)(C)c1cscn1.CCc1cnc(C(C)(C)C)[nH]1.Cc1cnc(C(C)(C)C)[nH]1.Cc1nc(C(C)(C)C)co1.Cc1nc(C(C)(C)C)cs1. The third-order valence-corrected chi connectivity index (χ3v) is 13.8. The van der Waals surface area contributed by atoms with E-state index in [1.54, 1.807) is 35.2 Å². The Morgan fingerprint density at radius 2 is 0.918 bits per heavy atom. The van der Waals surface area contributed by atoms with Gasteiger partial charge in [-0.05, 0) is 20.3 Å². The van der Waals surface area contributed by atoms with Crippen molar-refractivity contribution in [1.82, 2.24) is 49.8 Å². The number of aromatic nitrogens is 10. The zero-order chi connectivity index (χ0) is 66.2. The van der Waals surface area contributed by atoms with Crippen LogP contribution < -0.4 is 0 Å². The number of nitrogens with zero attached hydrogens (tertiary/aromatic N) is 9. The maximum atomic E-state index is 5.44. The summed E-state index contributed by atoms with van der Waals surface area (Å²) in [6.45, 7) is 73.2. The lowest BCUT2D eigenvalue weighted by Gasteiger charge is -2.17. The Labute approximate surface area is 524 Å². The number of aliphatic imine (C=N–C) groups is 2. The number of aromatic amines is 3. The first-order valence-electron chi connectivity index (χ1n) is 30.0. The highest BCUT2D eigenvalue weighted by atomic mass is 32.1. The number of H-pyrrole nitrogens is 3. The van der Waals surface area contributed by atoms with Gasteiger partial charge in [0.1, 0.15) is 36.7 Å². The lowest BCUT2D eigenvalue weighted by Crippen LogP contribution is -2.19. The van der Waals surface area contributed by atoms with Gasteiger partial charge in [-0.15, -0.1) is 22.7 Å². The third-order valence-electron chi connectivity index (χ3n) is 12.4. The molecule has 7 aromatic rings. The highest BCUT2D eigenvalue weighted by Crippen LogP contribution is 2.29. The fourth-order valence-corrected chi connectivity index (χ4v) is 8.09. The molecule has 0 bridgehead atoms. The van der Waals surface area contributed by atoms with Crippen molar-refractivity contribution in [2.75, 3.05) is 6.67 Å². The van der Waals surface area contributed by atoms with Gasteiger partial charge in [-0.1, -0.05) is 215 Å². The number of oxazole rings is 2. The summed E-state index contributed by atoms with van der Waals surface area (Å²) >= 11 is 3.38. The van der Waals surface area contributed by atoms with E-state index in [0.717, 1.165) is 63.5 Å². The lowest BCUT2D eigenvalue weighted by molar-refractivity contribution is 0.392. The maximum Gasteiger partial charge on any atom is 0.199 e. The van der Waals surface area contributed by atoms with E-state index in [-0.39, 0.29) is 54.1 Å². The Balaban J connectivity index is 0.000000487. The molecule has 0 fully saturated rings. The smallest absolute Gasteiger partial charge is 0.199 e. The Morgan fingerprint density at radius 3 is 1.14 bits per heavy atom. The maximum absolute atomic E-state index is 5.44. The van der Waals surface area contributed by atoms with Gasteiger partial charge in [0.15, 0.2) is 11.8 Å². The predicted molar refractivity (Wildman–Crippen MR) is 365 cm³/mol. The molecule has 1 aliphatic rings. The summed E-state index contributed by atoms with van der Waals surface area (Å²) in [5.74, 6) is 4.76. The van der Waals surface area contributed by atoms with Crippen molar-refractivity contribution in [3.05, 3.63) is 122 Å². The minimum Gasteiger partial charge on any atom is -0.449 e.